The highest BCUT2D eigenvalue weighted by Crippen LogP contribution is 2.26. The number of fused-ring (bicyclic) bond motifs is 2. The van der Waals surface area contributed by atoms with E-state index in [0.29, 0.717) is 28.0 Å². The van der Waals surface area contributed by atoms with Crippen LogP contribution in [0.3, 0.4) is 0 Å². The summed E-state index contributed by atoms with van der Waals surface area (Å²) in [6.45, 7) is 0. The smallest absolute Gasteiger partial charge is 0.337 e. The first kappa shape index (κ1) is 17.2. The summed E-state index contributed by atoms with van der Waals surface area (Å²) >= 11 is 1.46. The molecule has 0 radical (unpaired) electrons. The van der Waals surface area contributed by atoms with Gasteiger partial charge in [0.25, 0.3) is 5.56 Å². The molecule has 2 heterocycles. The van der Waals surface area contributed by atoms with Gasteiger partial charge in [-0.3, -0.25) is 4.79 Å². The molecule has 0 fully saturated rings. The van der Waals surface area contributed by atoms with Crippen molar-refractivity contribution in [3.63, 3.8) is 0 Å². The number of carbonyl (C=O) groups is 1. The highest BCUT2D eigenvalue weighted by atomic mass is 32.2. The van der Waals surface area contributed by atoms with Gasteiger partial charge in [0.2, 0.25) is 0 Å². The summed E-state index contributed by atoms with van der Waals surface area (Å²) < 4.78 is 4.72. The minimum Gasteiger partial charge on any atom is -0.465 e. The number of aromatic nitrogens is 4. The first-order valence-electron chi connectivity index (χ1n) is 8.09. The van der Waals surface area contributed by atoms with Gasteiger partial charge in [-0.1, -0.05) is 30.0 Å². The van der Waals surface area contributed by atoms with E-state index in [9.17, 15) is 9.59 Å². The number of methoxy groups -OCH3 is 1. The van der Waals surface area contributed by atoms with Crippen molar-refractivity contribution in [1.29, 1.82) is 0 Å². The van der Waals surface area contributed by atoms with E-state index in [1.807, 2.05) is 24.3 Å². The van der Waals surface area contributed by atoms with E-state index < -0.39 is 5.97 Å². The van der Waals surface area contributed by atoms with Gasteiger partial charge in [-0.2, -0.15) is 0 Å². The van der Waals surface area contributed by atoms with Crippen LogP contribution in [0, 0.1) is 0 Å². The number of esters is 1. The van der Waals surface area contributed by atoms with Crippen molar-refractivity contribution in [1.82, 2.24) is 19.9 Å². The molecule has 2 aromatic heterocycles. The standard InChI is InChI=1S/C19H14N4O3S/c1-26-19(25)11-6-7-12-15(8-11)22-16(23-17(12)24)9-27-18-13-4-2-3-5-14(13)20-10-21-18/h2-8,10H,9H2,1H3,(H,22,23,24). The molecule has 4 rings (SSSR count). The Morgan fingerprint density at radius 3 is 2.81 bits per heavy atom. The molecular formula is C19H14N4O3S. The van der Waals surface area contributed by atoms with E-state index in [4.69, 9.17) is 4.74 Å². The number of hydrogen-bond donors (Lipinski definition) is 1. The third-order valence-electron chi connectivity index (χ3n) is 4.03. The van der Waals surface area contributed by atoms with Crippen LogP contribution in [0.2, 0.25) is 0 Å². The number of thioether (sulfide) groups is 1. The topological polar surface area (TPSA) is 97.8 Å². The minimum absolute atomic E-state index is 0.250. The lowest BCUT2D eigenvalue weighted by Crippen LogP contribution is -2.12. The van der Waals surface area contributed by atoms with Crippen molar-refractivity contribution >= 4 is 39.5 Å². The van der Waals surface area contributed by atoms with Gasteiger partial charge >= 0.3 is 5.97 Å². The molecule has 27 heavy (non-hydrogen) atoms. The van der Waals surface area contributed by atoms with Crippen LogP contribution < -0.4 is 5.56 Å². The molecule has 0 bridgehead atoms. The highest BCUT2D eigenvalue weighted by Gasteiger charge is 2.11. The molecule has 134 valence electrons. The van der Waals surface area contributed by atoms with Crippen molar-refractivity contribution in [2.24, 2.45) is 0 Å². The zero-order valence-electron chi connectivity index (χ0n) is 14.3. The number of hydrogen-bond acceptors (Lipinski definition) is 7. The maximum Gasteiger partial charge on any atom is 0.337 e. The van der Waals surface area contributed by atoms with E-state index in [1.54, 1.807) is 18.2 Å². The number of H-pyrrole nitrogens is 1. The van der Waals surface area contributed by atoms with Crippen molar-refractivity contribution in [3.8, 4) is 0 Å². The Kier molecular flexibility index (Phi) is 4.55. The van der Waals surface area contributed by atoms with Gasteiger partial charge < -0.3 is 9.72 Å². The molecule has 0 atom stereocenters. The Bertz CT molecular complexity index is 1220. The molecule has 0 aliphatic rings. The molecule has 7 nitrogen and oxygen atoms in total. The van der Waals surface area contributed by atoms with Crippen molar-refractivity contribution < 1.29 is 9.53 Å². The lowest BCUT2D eigenvalue weighted by atomic mass is 10.1. The predicted octanol–water partition coefficient (Wildman–Crippen LogP) is 2.95. The average Bonchev–Trinajstić information content (AvgIpc) is 2.71. The number of aromatic amines is 1. The van der Waals surface area contributed by atoms with Crippen molar-refractivity contribution in [2.45, 2.75) is 10.8 Å². The Balaban J connectivity index is 1.67. The number of benzene rings is 2. The number of rotatable bonds is 4. The lowest BCUT2D eigenvalue weighted by molar-refractivity contribution is 0.0601. The Morgan fingerprint density at radius 2 is 1.96 bits per heavy atom. The second kappa shape index (κ2) is 7.16. The second-order valence-electron chi connectivity index (χ2n) is 5.72. The van der Waals surface area contributed by atoms with Crippen LogP contribution in [0.15, 0.2) is 58.6 Å². The number of carbonyl (C=O) groups excluding carboxylic acids is 1. The van der Waals surface area contributed by atoms with Crippen LogP contribution in [-0.2, 0) is 10.5 Å². The third kappa shape index (κ3) is 3.39. The van der Waals surface area contributed by atoms with E-state index in [1.165, 1.54) is 25.2 Å². The number of ether oxygens (including phenoxy) is 1. The fourth-order valence-corrected chi connectivity index (χ4v) is 3.59. The third-order valence-corrected chi connectivity index (χ3v) is 5.05. The molecule has 2 aromatic carbocycles. The molecule has 0 unspecified atom stereocenters. The van der Waals surface area contributed by atoms with E-state index in [0.717, 1.165) is 15.9 Å². The molecule has 0 saturated carbocycles. The Labute approximate surface area is 157 Å². The van der Waals surface area contributed by atoms with Crippen LogP contribution in [0.25, 0.3) is 21.8 Å². The molecule has 0 amide bonds. The van der Waals surface area contributed by atoms with Gasteiger partial charge in [0, 0.05) is 5.39 Å². The maximum atomic E-state index is 12.3. The second-order valence-corrected chi connectivity index (χ2v) is 6.68. The summed E-state index contributed by atoms with van der Waals surface area (Å²) in [5.41, 5.74) is 1.41. The quantitative estimate of drug-likeness (QED) is 0.331. The molecule has 0 saturated heterocycles. The fraction of sp³-hybridized carbons (Fsp3) is 0.105. The average molecular weight is 378 g/mol. The van der Waals surface area contributed by atoms with E-state index >= 15 is 0 Å². The summed E-state index contributed by atoms with van der Waals surface area (Å²) in [6, 6.07) is 12.4. The molecule has 8 heteroatoms. The molecule has 0 spiro atoms. The van der Waals surface area contributed by atoms with Gasteiger partial charge in [0.1, 0.15) is 17.2 Å². The predicted molar refractivity (Wildman–Crippen MR) is 103 cm³/mol. The monoisotopic (exact) mass is 378 g/mol. The SMILES string of the molecule is COC(=O)c1ccc2c(=O)[nH]c(CSc3ncnc4ccccc34)nc2c1. The summed E-state index contributed by atoms with van der Waals surface area (Å²) in [6.07, 6.45) is 1.52. The molecule has 0 aliphatic carbocycles. The number of para-hydroxylation sites is 1. The van der Waals surface area contributed by atoms with Gasteiger partial charge in [0.05, 0.1) is 34.8 Å². The lowest BCUT2D eigenvalue weighted by Gasteiger charge is -2.06. The van der Waals surface area contributed by atoms with Crippen LogP contribution in [0.4, 0.5) is 0 Å². The largest absolute Gasteiger partial charge is 0.465 e. The molecule has 1 N–H and O–H groups in total. The van der Waals surface area contributed by atoms with Gasteiger partial charge in [-0.25, -0.2) is 19.7 Å². The summed E-state index contributed by atoms with van der Waals surface area (Å²) in [7, 11) is 1.31. The zero-order valence-corrected chi connectivity index (χ0v) is 15.1. The van der Waals surface area contributed by atoms with Crippen molar-refractivity contribution in [2.75, 3.05) is 7.11 Å². The summed E-state index contributed by atoms with van der Waals surface area (Å²) in [5, 5.41) is 2.18. The Hall–Kier alpha value is -3.26. The van der Waals surface area contributed by atoms with Gasteiger partial charge in [-0.05, 0) is 24.3 Å². The fourth-order valence-electron chi connectivity index (χ4n) is 2.73. The van der Waals surface area contributed by atoms with Crippen LogP contribution in [0.5, 0.6) is 0 Å². The van der Waals surface area contributed by atoms with E-state index in [2.05, 4.69) is 19.9 Å². The van der Waals surface area contributed by atoms with Gasteiger partial charge in [-0.15, -0.1) is 0 Å². The molecule has 4 aromatic rings. The number of nitrogens with zero attached hydrogens (tertiary/aromatic N) is 3. The van der Waals surface area contributed by atoms with Crippen molar-refractivity contribution in [3.05, 3.63) is 70.5 Å². The Morgan fingerprint density at radius 1 is 1.11 bits per heavy atom. The first-order valence-corrected chi connectivity index (χ1v) is 9.08. The summed E-state index contributed by atoms with van der Waals surface area (Å²) in [5.74, 6) is 0.457. The highest BCUT2D eigenvalue weighted by molar-refractivity contribution is 7.98. The maximum absolute atomic E-state index is 12.3. The van der Waals surface area contributed by atoms with Crippen LogP contribution in [-0.4, -0.2) is 33.0 Å². The van der Waals surface area contributed by atoms with Gasteiger partial charge in [0.15, 0.2) is 0 Å². The van der Waals surface area contributed by atoms with E-state index in [-0.39, 0.29) is 5.56 Å². The van der Waals surface area contributed by atoms with Crippen LogP contribution >= 0.6 is 11.8 Å². The normalized spacial score (nSPS) is 11.0. The first-order chi connectivity index (χ1) is 13.2. The molecule has 0 aliphatic heterocycles. The number of nitrogens with one attached hydrogen (secondary N) is 1. The summed E-state index contributed by atoms with van der Waals surface area (Å²) in [4.78, 5) is 39.9. The van der Waals surface area contributed by atoms with Crippen LogP contribution in [0.1, 0.15) is 16.2 Å². The minimum atomic E-state index is -0.470. The zero-order chi connectivity index (χ0) is 18.8. The molecular weight excluding hydrogens is 364 g/mol.